The molecule has 3 aromatic carbocycles. The lowest BCUT2D eigenvalue weighted by Crippen LogP contribution is -2.48. The van der Waals surface area contributed by atoms with Gasteiger partial charge in [0.1, 0.15) is 12.0 Å². The number of sulfonamides is 1. The van der Waals surface area contributed by atoms with Crippen LogP contribution in [-0.4, -0.2) is 66.9 Å². The number of anilines is 4. The Balaban J connectivity index is 1.29. The minimum atomic E-state index is -3.52. The molecule has 41 heavy (non-hydrogen) atoms. The van der Waals surface area contributed by atoms with Crippen LogP contribution >= 0.6 is 0 Å². The van der Waals surface area contributed by atoms with Gasteiger partial charge in [-0.25, -0.2) is 18.4 Å². The van der Waals surface area contributed by atoms with E-state index in [9.17, 15) is 8.42 Å². The molecule has 2 heterocycles. The quantitative estimate of drug-likeness (QED) is 0.281. The molecule has 10 heteroatoms. The predicted octanol–water partition coefficient (Wildman–Crippen LogP) is 4.74. The molecule has 1 aromatic heterocycles. The number of nitrogens with two attached hydrogens (primary N) is 1. The third kappa shape index (κ3) is 6.19. The Labute approximate surface area is 242 Å². The highest BCUT2D eigenvalue weighted by Crippen LogP contribution is 2.33. The topological polar surface area (TPSA) is 108 Å². The number of nitrogens with one attached hydrogen (secondary N) is 1. The molecular weight excluding hydrogens is 534 g/mol. The van der Waals surface area contributed by atoms with E-state index < -0.39 is 10.0 Å². The zero-order chi connectivity index (χ0) is 28.8. The first-order chi connectivity index (χ1) is 19.9. The maximum absolute atomic E-state index is 12.8. The standard InChI is InChI=1S/C31H37N7O2S/c1-3-38(4-2)41(39,40)27-17-15-26(16-18-27)35-30-28(32)31(34-23-33-30)37-21-19-36(20-22-37)29(24-11-7-5-8-12-24)25-13-9-6-10-14-25/h5-18,23,29H,3-4,19-22,32H2,1-2H3,(H,33,34,35). The SMILES string of the molecule is CCN(CC)S(=O)(=O)c1ccc(Nc2ncnc(N3CCN(C(c4ccccc4)c4ccccc4)CC3)c2N)cc1. The Morgan fingerprint density at radius 2 is 1.39 bits per heavy atom. The third-order valence-corrected chi connectivity index (χ3v) is 9.60. The van der Waals surface area contributed by atoms with Crippen LogP contribution in [0, 0.1) is 0 Å². The molecule has 214 valence electrons. The summed E-state index contributed by atoms with van der Waals surface area (Å²) in [5.41, 5.74) is 10.3. The number of hydrogen-bond donors (Lipinski definition) is 2. The van der Waals surface area contributed by atoms with Crippen LogP contribution in [0.5, 0.6) is 0 Å². The van der Waals surface area contributed by atoms with Gasteiger partial charge in [0.25, 0.3) is 0 Å². The molecule has 0 bridgehead atoms. The first kappa shape index (κ1) is 28.5. The first-order valence-corrected chi connectivity index (χ1v) is 15.4. The summed E-state index contributed by atoms with van der Waals surface area (Å²) in [6, 6.07) is 28.1. The molecule has 9 nitrogen and oxygen atoms in total. The van der Waals surface area contributed by atoms with Gasteiger partial charge in [0.05, 0.1) is 10.9 Å². The average Bonchev–Trinajstić information content (AvgIpc) is 3.01. The molecule has 0 saturated carbocycles. The second kappa shape index (κ2) is 12.7. The van der Waals surface area contributed by atoms with Gasteiger partial charge in [0, 0.05) is 45.0 Å². The number of aromatic nitrogens is 2. The Hall–Kier alpha value is -3.99. The van der Waals surface area contributed by atoms with Gasteiger partial charge in [0.2, 0.25) is 10.0 Å². The molecule has 3 N–H and O–H groups in total. The van der Waals surface area contributed by atoms with Crippen molar-refractivity contribution in [2.75, 3.05) is 55.2 Å². The van der Waals surface area contributed by atoms with E-state index in [0.29, 0.717) is 36.1 Å². The molecule has 1 saturated heterocycles. The maximum Gasteiger partial charge on any atom is 0.243 e. The molecular formula is C31H37N7O2S. The van der Waals surface area contributed by atoms with Gasteiger partial charge in [-0.05, 0) is 35.4 Å². The summed E-state index contributed by atoms with van der Waals surface area (Å²) in [5, 5.41) is 3.24. The summed E-state index contributed by atoms with van der Waals surface area (Å²) >= 11 is 0. The fourth-order valence-corrected chi connectivity index (χ4v) is 6.83. The highest BCUT2D eigenvalue weighted by molar-refractivity contribution is 7.89. The summed E-state index contributed by atoms with van der Waals surface area (Å²) in [5.74, 6) is 1.18. The lowest BCUT2D eigenvalue weighted by molar-refractivity contribution is 0.212. The van der Waals surface area contributed by atoms with E-state index in [1.807, 2.05) is 13.8 Å². The van der Waals surface area contributed by atoms with E-state index in [-0.39, 0.29) is 10.9 Å². The van der Waals surface area contributed by atoms with Crippen LogP contribution in [0.2, 0.25) is 0 Å². The number of nitrogens with zero attached hydrogens (tertiary/aromatic N) is 5. The number of benzene rings is 3. The fourth-order valence-electron chi connectivity index (χ4n) is 5.37. The lowest BCUT2D eigenvalue weighted by atomic mass is 9.96. The fraction of sp³-hybridized carbons (Fsp3) is 0.290. The second-order valence-corrected chi connectivity index (χ2v) is 11.9. The molecule has 5 rings (SSSR count). The van der Waals surface area contributed by atoms with Crippen LogP contribution in [0.4, 0.5) is 23.0 Å². The van der Waals surface area contributed by atoms with E-state index >= 15 is 0 Å². The normalized spacial score (nSPS) is 14.5. The third-order valence-electron chi connectivity index (χ3n) is 7.53. The highest BCUT2D eigenvalue weighted by Gasteiger charge is 2.28. The number of hydrogen-bond acceptors (Lipinski definition) is 8. The van der Waals surface area contributed by atoms with Crippen molar-refractivity contribution in [2.45, 2.75) is 24.8 Å². The van der Waals surface area contributed by atoms with Crippen molar-refractivity contribution in [2.24, 2.45) is 0 Å². The van der Waals surface area contributed by atoms with Crippen molar-refractivity contribution in [1.29, 1.82) is 0 Å². The first-order valence-electron chi connectivity index (χ1n) is 14.0. The van der Waals surface area contributed by atoms with E-state index in [4.69, 9.17) is 5.73 Å². The Bertz CT molecular complexity index is 1480. The number of piperazine rings is 1. The van der Waals surface area contributed by atoms with Gasteiger partial charge >= 0.3 is 0 Å². The Kier molecular flexibility index (Phi) is 8.82. The summed E-state index contributed by atoms with van der Waals surface area (Å²) in [6.45, 7) is 7.75. The predicted molar refractivity (Wildman–Crippen MR) is 165 cm³/mol. The van der Waals surface area contributed by atoms with Crippen molar-refractivity contribution in [1.82, 2.24) is 19.2 Å². The molecule has 0 unspecified atom stereocenters. The minimum Gasteiger partial charge on any atom is -0.393 e. The smallest absolute Gasteiger partial charge is 0.243 e. The highest BCUT2D eigenvalue weighted by atomic mass is 32.2. The lowest BCUT2D eigenvalue weighted by Gasteiger charge is -2.40. The molecule has 4 aromatic rings. The molecule has 1 aliphatic rings. The summed E-state index contributed by atoms with van der Waals surface area (Å²) in [4.78, 5) is 13.8. The monoisotopic (exact) mass is 571 g/mol. The molecule has 1 aliphatic heterocycles. The van der Waals surface area contributed by atoms with E-state index in [1.165, 1.54) is 21.8 Å². The molecule has 0 aliphatic carbocycles. The molecule has 0 radical (unpaired) electrons. The van der Waals surface area contributed by atoms with Gasteiger partial charge in [0.15, 0.2) is 11.6 Å². The summed E-state index contributed by atoms with van der Waals surface area (Å²) < 4.78 is 27.1. The second-order valence-electron chi connectivity index (χ2n) is 9.95. The molecule has 0 spiro atoms. The van der Waals surface area contributed by atoms with Gasteiger partial charge < -0.3 is 16.0 Å². The molecule has 0 amide bonds. The van der Waals surface area contributed by atoms with Crippen LogP contribution in [0.3, 0.4) is 0 Å². The number of rotatable bonds is 10. The van der Waals surface area contributed by atoms with E-state index in [1.54, 1.807) is 24.3 Å². The van der Waals surface area contributed by atoms with Gasteiger partial charge in [-0.15, -0.1) is 0 Å². The van der Waals surface area contributed by atoms with Crippen LogP contribution in [0.25, 0.3) is 0 Å². The van der Waals surface area contributed by atoms with E-state index in [2.05, 4.69) is 85.7 Å². The zero-order valence-corrected chi connectivity index (χ0v) is 24.3. The van der Waals surface area contributed by atoms with Crippen molar-refractivity contribution in [3.8, 4) is 0 Å². The van der Waals surface area contributed by atoms with E-state index in [0.717, 1.165) is 26.2 Å². The average molecular weight is 572 g/mol. The summed E-state index contributed by atoms with van der Waals surface area (Å²) in [6.07, 6.45) is 1.51. The number of nitrogen functional groups attached to an aromatic ring is 1. The van der Waals surface area contributed by atoms with Crippen LogP contribution < -0.4 is 16.0 Å². The Morgan fingerprint density at radius 3 is 1.93 bits per heavy atom. The molecule has 0 atom stereocenters. The van der Waals surface area contributed by atoms with Crippen LogP contribution in [0.15, 0.2) is 96.2 Å². The Morgan fingerprint density at radius 1 is 0.829 bits per heavy atom. The summed E-state index contributed by atoms with van der Waals surface area (Å²) in [7, 11) is -3.52. The van der Waals surface area contributed by atoms with Crippen LogP contribution in [0.1, 0.15) is 31.0 Å². The zero-order valence-electron chi connectivity index (χ0n) is 23.5. The minimum absolute atomic E-state index is 0.174. The van der Waals surface area contributed by atoms with Crippen molar-refractivity contribution in [3.05, 3.63) is 102 Å². The molecule has 1 fully saturated rings. The van der Waals surface area contributed by atoms with Crippen molar-refractivity contribution < 1.29 is 8.42 Å². The van der Waals surface area contributed by atoms with Gasteiger partial charge in [-0.3, -0.25) is 4.90 Å². The van der Waals surface area contributed by atoms with Crippen molar-refractivity contribution in [3.63, 3.8) is 0 Å². The largest absolute Gasteiger partial charge is 0.393 e. The van der Waals surface area contributed by atoms with Crippen LogP contribution in [-0.2, 0) is 10.0 Å². The van der Waals surface area contributed by atoms with Gasteiger partial charge in [-0.1, -0.05) is 74.5 Å². The van der Waals surface area contributed by atoms with Gasteiger partial charge in [-0.2, -0.15) is 4.31 Å². The maximum atomic E-state index is 12.8. The van der Waals surface area contributed by atoms with Crippen molar-refractivity contribution >= 4 is 33.0 Å².